The Balaban J connectivity index is 1.49. The molecule has 0 spiro atoms. The molecule has 0 unspecified atom stereocenters. The number of thiophene rings is 1. The second kappa shape index (κ2) is 9.03. The minimum atomic E-state index is -0.530. The monoisotopic (exact) mass is 404 g/mol. The summed E-state index contributed by atoms with van der Waals surface area (Å²) in [4.78, 5) is 38.7. The predicted octanol–water partition coefficient (Wildman–Crippen LogP) is 2.61. The lowest BCUT2D eigenvalue weighted by Crippen LogP contribution is -2.41. The van der Waals surface area contributed by atoms with Crippen LogP contribution in [0.2, 0.25) is 0 Å². The van der Waals surface area contributed by atoms with Gasteiger partial charge in [-0.15, -0.1) is 11.3 Å². The molecule has 3 rings (SSSR count). The highest BCUT2D eigenvalue weighted by atomic mass is 32.1. The summed E-state index contributed by atoms with van der Waals surface area (Å²) >= 11 is 1.15. The van der Waals surface area contributed by atoms with Gasteiger partial charge in [0.25, 0.3) is 5.91 Å². The fourth-order valence-electron chi connectivity index (χ4n) is 2.59. The van der Waals surface area contributed by atoms with Gasteiger partial charge < -0.3 is 9.73 Å². The number of furan rings is 1. The first-order chi connectivity index (χ1) is 13.5. The van der Waals surface area contributed by atoms with Gasteiger partial charge in [0.2, 0.25) is 5.91 Å². The Morgan fingerprint density at radius 3 is 2.46 bits per heavy atom. The first kappa shape index (κ1) is 20.1. The molecule has 3 N–H and O–H groups in total. The summed E-state index contributed by atoms with van der Waals surface area (Å²) in [6.45, 7) is 6.51. The number of rotatable bonds is 8. The molecule has 150 valence electrons. The largest absolute Gasteiger partial charge is 0.454 e. The van der Waals surface area contributed by atoms with Crippen LogP contribution in [0.1, 0.15) is 52.7 Å². The Hall–Kier alpha value is -2.65. The summed E-state index contributed by atoms with van der Waals surface area (Å²) in [5.74, 6) is -0.0855. The highest BCUT2D eigenvalue weighted by Gasteiger charge is 2.29. The van der Waals surface area contributed by atoms with Crippen molar-refractivity contribution >= 4 is 34.1 Å². The van der Waals surface area contributed by atoms with Gasteiger partial charge in [0, 0.05) is 5.92 Å². The molecular weight excluding hydrogens is 380 g/mol. The Morgan fingerprint density at radius 1 is 1.07 bits per heavy atom. The summed E-state index contributed by atoms with van der Waals surface area (Å²) in [6, 6.07) is 6.61. The van der Waals surface area contributed by atoms with Gasteiger partial charge in [-0.25, -0.2) is 0 Å². The van der Waals surface area contributed by atoms with E-state index in [4.69, 9.17) is 4.42 Å². The smallest absolute Gasteiger partial charge is 0.305 e. The van der Waals surface area contributed by atoms with E-state index in [2.05, 4.69) is 34.9 Å². The molecule has 1 aliphatic carbocycles. The number of nitrogens with zero attached hydrogens (tertiary/aromatic N) is 1. The van der Waals surface area contributed by atoms with E-state index in [1.165, 1.54) is 0 Å². The minimum absolute atomic E-state index is 0.0135. The third kappa shape index (κ3) is 5.20. The van der Waals surface area contributed by atoms with Crippen molar-refractivity contribution in [1.29, 1.82) is 0 Å². The molecule has 0 atom stereocenters. The van der Waals surface area contributed by atoms with Crippen LogP contribution in [0, 0.1) is 5.92 Å². The third-order valence-corrected chi connectivity index (χ3v) is 5.47. The lowest BCUT2D eigenvalue weighted by molar-refractivity contribution is -0.117. The zero-order valence-corrected chi connectivity index (χ0v) is 16.7. The average molecular weight is 404 g/mol. The summed E-state index contributed by atoms with van der Waals surface area (Å²) in [7, 11) is 0. The molecule has 1 fully saturated rings. The van der Waals surface area contributed by atoms with Gasteiger partial charge in [0.15, 0.2) is 5.76 Å². The Labute approximate surface area is 167 Å². The maximum Gasteiger partial charge on any atom is 0.305 e. The molecule has 1 aliphatic rings. The average Bonchev–Trinajstić information content (AvgIpc) is 3.27. The normalized spacial score (nSPS) is 13.4. The fourth-order valence-corrected chi connectivity index (χ4v) is 3.39. The number of carbonyl (C=O) groups excluding carboxylic acids is 3. The highest BCUT2D eigenvalue weighted by molar-refractivity contribution is 7.18. The van der Waals surface area contributed by atoms with Crippen molar-refractivity contribution in [2.24, 2.45) is 5.92 Å². The summed E-state index contributed by atoms with van der Waals surface area (Å²) in [6.07, 6.45) is 1.83. The minimum Gasteiger partial charge on any atom is -0.454 e. The van der Waals surface area contributed by atoms with Gasteiger partial charge >= 0.3 is 5.91 Å². The molecule has 2 aromatic heterocycles. The molecule has 0 saturated heterocycles. The van der Waals surface area contributed by atoms with Crippen molar-refractivity contribution in [2.45, 2.75) is 33.2 Å². The second-order valence-corrected chi connectivity index (χ2v) is 7.65. The number of hydrogen-bond donors (Lipinski definition) is 3. The van der Waals surface area contributed by atoms with E-state index < -0.39 is 11.8 Å². The van der Waals surface area contributed by atoms with Gasteiger partial charge in [0.1, 0.15) is 5.76 Å². The zero-order chi connectivity index (χ0) is 20.1. The topological polar surface area (TPSA) is 104 Å². The SMILES string of the molecule is CCN(CC)Cc1ccc(C(=O)NNC(=O)c2ccc(NC(=O)C3CC3)s2)o1. The van der Waals surface area contributed by atoms with E-state index >= 15 is 0 Å². The van der Waals surface area contributed by atoms with Crippen LogP contribution >= 0.6 is 11.3 Å². The Bertz CT molecular complexity index is 852. The summed E-state index contributed by atoms with van der Waals surface area (Å²) in [5, 5.41) is 3.40. The van der Waals surface area contributed by atoms with Crippen molar-refractivity contribution in [2.75, 3.05) is 18.4 Å². The fraction of sp³-hybridized carbons (Fsp3) is 0.421. The third-order valence-electron chi connectivity index (χ3n) is 4.47. The van der Waals surface area contributed by atoms with E-state index in [-0.39, 0.29) is 17.6 Å². The lowest BCUT2D eigenvalue weighted by atomic mass is 10.4. The Kier molecular flexibility index (Phi) is 6.48. The molecular formula is C19H24N4O4S. The molecule has 9 heteroatoms. The van der Waals surface area contributed by atoms with Gasteiger partial charge in [-0.05, 0) is 50.2 Å². The van der Waals surface area contributed by atoms with Crippen LogP contribution in [-0.4, -0.2) is 35.7 Å². The molecule has 0 aliphatic heterocycles. The molecule has 0 aromatic carbocycles. The zero-order valence-electron chi connectivity index (χ0n) is 15.9. The number of anilines is 1. The van der Waals surface area contributed by atoms with Crippen LogP contribution in [0.5, 0.6) is 0 Å². The molecule has 0 bridgehead atoms. The van der Waals surface area contributed by atoms with E-state index in [1.807, 2.05) is 0 Å². The molecule has 2 aromatic rings. The lowest BCUT2D eigenvalue weighted by Gasteiger charge is -2.15. The first-order valence-electron chi connectivity index (χ1n) is 9.32. The van der Waals surface area contributed by atoms with Gasteiger partial charge in [0.05, 0.1) is 16.4 Å². The first-order valence-corrected chi connectivity index (χ1v) is 10.1. The molecule has 28 heavy (non-hydrogen) atoms. The van der Waals surface area contributed by atoms with Crippen molar-refractivity contribution in [1.82, 2.24) is 15.8 Å². The quantitative estimate of drug-likeness (QED) is 0.587. The molecule has 2 heterocycles. The summed E-state index contributed by atoms with van der Waals surface area (Å²) < 4.78 is 5.54. The van der Waals surface area contributed by atoms with Crippen LogP contribution in [0.15, 0.2) is 28.7 Å². The van der Waals surface area contributed by atoms with Crippen LogP contribution in [-0.2, 0) is 11.3 Å². The van der Waals surface area contributed by atoms with Gasteiger partial charge in [-0.3, -0.25) is 30.1 Å². The van der Waals surface area contributed by atoms with Crippen LogP contribution in [0.25, 0.3) is 0 Å². The summed E-state index contributed by atoms with van der Waals surface area (Å²) in [5.41, 5.74) is 4.70. The number of amides is 3. The van der Waals surface area contributed by atoms with Crippen LogP contribution in [0.3, 0.4) is 0 Å². The van der Waals surface area contributed by atoms with E-state index in [0.29, 0.717) is 22.2 Å². The number of nitrogens with one attached hydrogen (secondary N) is 3. The van der Waals surface area contributed by atoms with E-state index in [9.17, 15) is 14.4 Å². The van der Waals surface area contributed by atoms with E-state index in [1.54, 1.807) is 24.3 Å². The second-order valence-electron chi connectivity index (χ2n) is 6.56. The van der Waals surface area contributed by atoms with Gasteiger partial charge in [-0.1, -0.05) is 13.8 Å². The maximum absolute atomic E-state index is 12.2. The maximum atomic E-state index is 12.2. The van der Waals surface area contributed by atoms with Gasteiger partial charge in [-0.2, -0.15) is 0 Å². The van der Waals surface area contributed by atoms with Crippen molar-refractivity contribution in [3.05, 3.63) is 40.7 Å². The molecule has 1 saturated carbocycles. The number of carbonyl (C=O) groups is 3. The van der Waals surface area contributed by atoms with Crippen molar-refractivity contribution in [3.8, 4) is 0 Å². The molecule has 3 amide bonds. The van der Waals surface area contributed by atoms with Crippen LogP contribution < -0.4 is 16.2 Å². The number of hydrazine groups is 1. The molecule has 0 radical (unpaired) electrons. The van der Waals surface area contributed by atoms with Crippen molar-refractivity contribution in [3.63, 3.8) is 0 Å². The number of hydrogen-bond acceptors (Lipinski definition) is 6. The molecule has 8 nitrogen and oxygen atoms in total. The Morgan fingerprint density at radius 2 is 1.79 bits per heavy atom. The van der Waals surface area contributed by atoms with E-state index in [0.717, 1.165) is 37.3 Å². The predicted molar refractivity (Wildman–Crippen MR) is 106 cm³/mol. The standard InChI is InChI=1S/C19H24N4O4S/c1-3-23(4-2)11-13-7-8-14(27-13)18(25)21-22-19(26)15-9-10-16(28-15)20-17(24)12-5-6-12/h7-10,12H,3-6,11H2,1-2H3,(H,20,24)(H,21,25)(H,22,26). The highest BCUT2D eigenvalue weighted by Crippen LogP contribution is 2.31. The van der Waals surface area contributed by atoms with Crippen LogP contribution in [0.4, 0.5) is 5.00 Å². The van der Waals surface area contributed by atoms with Crippen molar-refractivity contribution < 1.29 is 18.8 Å².